The van der Waals surface area contributed by atoms with Crippen molar-refractivity contribution < 1.29 is 29.6 Å². The molecule has 6 nitrogen and oxygen atoms in total. The summed E-state index contributed by atoms with van der Waals surface area (Å²) >= 11 is 1.20. The van der Waals surface area contributed by atoms with Gasteiger partial charge in [-0.05, 0) is 18.4 Å². The molecule has 0 saturated carbocycles. The van der Waals surface area contributed by atoms with Crippen molar-refractivity contribution in [1.29, 1.82) is 0 Å². The Balaban J connectivity index is 2.03. The van der Waals surface area contributed by atoms with E-state index in [1.54, 1.807) is 17.5 Å². The van der Waals surface area contributed by atoms with Gasteiger partial charge < -0.3 is 24.8 Å². The minimum absolute atomic E-state index is 0.374. The van der Waals surface area contributed by atoms with E-state index in [1.807, 2.05) is 0 Å². The van der Waals surface area contributed by atoms with E-state index >= 15 is 0 Å². The summed E-state index contributed by atoms with van der Waals surface area (Å²) in [6.07, 6.45) is -6.11. The van der Waals surface area contributed by atoms with E-state index in [1.165, 1.54) is 18.3 Å². The van der Waals surface area contributed by atoms with E-state index in [4.69, 9.17) is 9.47 Å². The van der Waals surface area contributed by atoms with Crippen molar-refractivity contribution in [2.45, 2.75) is 37.6 Å². The molecule has 1 saturated heterocycles. The van der Waals surface area contributed by atoms with Crippen LogP contribution in [0.1, 0.15) is 16.6 Å². The Hall–Kier alpha value is -0.990. The lowest BCUT2D eigenvalue weighted by Crippen LogP contribution is -2.57. The Morgan fingerprint density at radius 3 is 2.67 bits per heavy atom. The fraction of sp³-hybridized carbons (Fsp3) is 0.545. The van der Waals surface area contributed by atoms with Gasteiger partial charge in [0.05, 0.1) is 6.10 Å². The highest BCUT2D eigenvalue weighted by atomic mass is 32.1. The van der Waals surface area contributed by atoms with Crippen LogP contribution in [-0.4, -0.2) is 52.0 Å². The van der Waals surface area contributed by atoms with E-state index in [2.05, 4.69) is 0 Å². The monoisotopic (exact) mass is 274 g/mol. The third-order valence-electron chi connectivity index (χ3n) is 2.75. The van der Waals surface area contributed by atoms with Gasteiger partial charge in [-0.1, -0.05) is 6.07 Å². The normalized spacial score (nSPS) is 36.3. The predicted molar refractivity (Wildman–Crippen MR) is 62.1 cm³/mol. The number of aliphatic hydroxyl groups is 3. The first-order valence-corrected chi connectivity index (χ1v) is 6.33. The minimum Gasteiger partial charge on any atom is -0.429 e. The fourth-order valence-electron chi connectivity index (χ4n) is 1.67. The van der Waals surface area contributed by atoms with Gasteiger partial charge in [0.2, 0.25) is 6.29 Å². The summed E-state index contributed by atoms with van der Waals surface area (Å²) < 4.78 is 10.1. The van der Waals surface area contributed by atoms with Crippen molar-refractivity contribution in [2.75, 3.05) is 0 Å². The molecule has 18 heavy (non-hydrogen) atoms. The number of esters is 1. The van der Waals surface area contributed by atoms with Crippen molar-refractivity contribution in [3.8, 4) is 0 Å². The van der Waals surface area contributed by atoms with Crippen LogP contribution >= 0.6 is 11.3 Å². The SMILES string of the molecule is C[C@@H]1O[C@@H](OC(=O)c2cccs2)[C@H](O)[C@H](O)[C@H]1O. The second kappa shape index (κ2) is 5.33. The third-order valence-corrected chi connectivity index (χ3v) is 3.60. The molecule has 0 bridgehead atoms. The average Bonchev–Trinajstić information content (AvgIpc) is 2.87. The molecule has 0 aliphatic carbocycles. The molecule has 7 heteroatoms. The van der Waals surface area contributed by atoms with Crippen LogP contribution in [0, 0.1) is 0 Å². The summed E-state index contributed by atoms with van der Waals surface area (Å²) in [7, 11) is 0. The summed E-state index contributed by atoms with van der Waals surface area (Å²) in [6.45, 7) is 1.52. The lowest BCUT2D eigenvalue weighted by Gasteiger charge is -2.38. The first kappa shape index (κ1) is 13.4. The van der Waals surface area contributed by atoms with Crippen molar-refractivity contribution in [3.05, 3.63) is 22.4 Å². The van der Waals surface area contributed by atoms with Crippen LogP contribution in [0.4, 0.5) is 0 Å². The predicted octanol–water partition coefficient (Wildman–Crippen LogP) is -0.268. The maximum Gasteiger partial charge on any atom is 0.350 e. The van der Waals surface area contributed by atoms with Gasteiger partial charge in [-0.25, -0.2) is 4.79 Å². The molecule has 0 aromatic carbocycles. The van der Waals surface area contributed by atoms with E-state index in [-0.39, 0.29) is 0 Å². The summed E-state index contributed by atoms with van der Waals surface area (Å²) in [5.74, 6) is -0.634. The lowest BCUT2D eigenvalue weighted by atomic mass is 10.0. The highest BCUT2D eigenvalue weighted by Gasteiger charge is 2.43. The highest BCUT2D eigenvalue weighted by molar-refractivity contribution is 7.11. The van der Waals surface area contributed by atoms with Gasteiger partial charge in [-0.3, -0.25) is 0 Å². The molecule has 100 valence electrons. The van der Waals surface area contributed by atoms with Crippen LogP contribution < -0.4 is 0 Å². The van der Waals surface area contributed by atoms with E-state index in [0.717, 1.165) is 0 Å². The Morgan fingerprint density at radius 1 is 1.33 bits per heavy atom. The quantitative estimate of drug-likeness (QED) is 0.643. The third kappa shape index (κ3) is 2.55. The van der Waals surface area contributed by atoms with Gasteiger partial charge >= 0.3 is 5.97 Å². The second-order valence-electron chi connectivity index (χ2n) is 4.06. The Labute approximate surface area is 107 Å². The molecular formula is C11H14O6S. The molecule has 1 fully saturated rings. The van der Waals surface area contributed by atoms with Gasteiger partial charge in [0.15, 0.2) is 0 Å². The molecular weight excluding hydrogens is 260 g/mol. The van der Waals surface area contributed by atoms with Gasteiger partial charge in [0.1, 0.15) is 23.2 Å². The van der Waals surface area contributed by atoms with Crippen LogP contribution in [0.3, 0.4) is 0 Å². The van der Waals surface area contributed by atoms with E-state index in [9.17, 15) is 20.1 Å². The Morgan fingerprint density at radius 2 is 2.06 bits per heavy atom. The summed E-state index contributed by atoms with van der Waals surface area (Å²) in [4.78, 5) is 12.0. The molecule has 2 rings (SSSR count). The van der Waals surface area contributed by atoms with Gasteiger partial charge in [0, 0.05) is 0 Å². The molecule has 1 aliphatic rings. The molecule has 5 atom stereocenters. The Kier molecular flexibility index (Phi) is 3.98. The average molecular weight is 274 g/mol. The molecule has 3 N–H and O–H groups in total. The maximum absolute atomic E-state index is 11.7. The topological polar surface area (TPSA) is 96.2 Å². The first-order valence-electron chi connectivity index (χ1n) is 5.45. The largest absolute Gasteiger partial charge is 0.429 e. The molecule has 0 radical (unpaired) electrons. The zero-order valence-corrected chi connectivity index (χ0v) is 10.4. The standard InChI is InChI=1S/C11H14O6S/c1-5-7(12)8(13)9(14)11(16-5)17-10(15)6-3-2-4-18-6/h2-5,7-9,11-14H,1H3/t5-,7-,8+,9+,11-/m0/s1. The van der Waals surface area contributed by atoms with Gasteiger partial charge in [-0.2, -0.15) is 0 Å². The van der Waals surface area contributed by atoms with Crippen LogP contribution in [0.15, 0.2) is 17.5 Å². The second-order valence-corrected chi connectivity index (χ2v) is 5.01. The zero-order chi connectivity index (χ0) is 13.3. The van der Waals surface area contributed by atoms with Crippen LogP contribution in [0.2, 0.25) is 0 Å². The number of hydrogen-bond acceptors (Lipinski definition) is 7. The van der Waals surface area contributed by atoms with Crippen molar-refractivity contribution >= 4 is 17.3 Å². The van der Waals surface area contributed by atoms with Crippen LogP contribution in [0.5, 0.6) is 0 Å². The lowest BCUT2D eigenvalue weighted by molar-refractivity contribution is -0.276. The first-order chi connectivity index (χ1) is 8.50. The fourth-order valence-corrected chi connectivity index (χ4v) is 2.27. The molecule has 0 spiro atoms. The highest BCUT2D eigenvalue weighted by Crippen LogP contribution is 2.23. The minimum atomic E-state index is -1.47. The Bertz CT molecular complexity index is 406. The smallest absolute Gasteiger partial charge is 0.350 e. The van der Waals surface area contributed by atoms with Crippen molar-refractivity contribution in [2.24, 2.45) is 0 Å². The van der Waals surface area contributed by atoms with Gasteiger partial charge in [0.25, 0.3) is 0 Å². The molecule has 1 aromatic rings. The summed E-state index contributed by atoms with van der Waals surface area (Å²) in [6, 6.07) is 3.28. The number of ether oxygens (including phenoxy) is 2. The number of hydrogen-bond donors (Lipinski definition) is 3. The molecule has 1 aromatic heterocycles. The van der Waals surface area contributed by atoms with Crippen LogP contribution in [-0.2, 0) is 9.47 Å². The number of carbonyl (C=O) groups is 1. The summed E-state index contributed by atoms with van der Waals surface area (Å²) in [5.41, 5.74) is 0. The maximum atomic E-state index is 11.7. The van der Waals surface area contributed by atoms with Crippen LogP contribution in [0.25, 0.3) is 0 Å². The molecule has 0 amide bonds. The number of thiophene rings is 1. The summed E-state index contributed by atoms with van der Waals surface area (Å²) in [5, 5.41) is 30.4. The van der Waals surface area contributed by atoms with Crippen molar-refractivity contribution in [3.63, 3.8) is 0 Å². The zero-order valence-electron chi connectivity index (χ0n) is 9.59. The van der Waals surface area contributed by atoms with E-state index in [0.29, 0.717) is 4.88 Å². The van der Waals surface area contributed by atoms with E-state index < -0.39 is 36.7 Å². The molecule has 1 aliphatic heterocycles. The number of rotatable bonds is 2. The molecule has 0 unspecified atom stereocenters. The molecule has 2 heterocycles. The van der Waals surface area contributed by atoms with Gasteiger partial charge in [-0.15, -0.1) is 11.3 Å². The number of aliphatic hydroxyl groups excluding tert-OH is 3. The van der Waals surface area contributed by atoms with Crippen molar-refractivity contribution in [1.82, 2.24) is 0 Å². The number of carbonyl (C=O) groups excluding carboxylic acids is 1.